The van der Waals surface area contributed by atoms with E-state index in [0.29, 0.717) is 12.2 Å². The maximum atomic E-state index is 11.3. The SMILES string of the molecule is CCCCOC(=O)C=Cc1cccc(C#N)c1. The first-order valence-corrected chi connectivity index (χ1v) is 5.61. The number of ether oxygens (including phenoxy) is 1. The molecule has 0 aliphatic heterocycles. The predicted octanol–water partition coefficient (Wildman–Crippen LogP) is 2.91. The molecule has 0 saturated heterocycles. The molecule has 0 aliphatic rings. The van der Waals surface area contributed by atoms with Crippen molar-refractivity contribution in [3.63, 3.8) is 0 Å². The van der Waals surface area contributed by atoms with Crippen molar-refractivity contribution in [1.82, 2.24) is 0 Å². The number of esters is 1. The van der Waals surface area contributed by atoms with E-state index in [1.165, 1.54) is 6.08 Å². The van der Waals surface area contributed by atoms with Gasteiger partial charge in [-0.3, -0.25) is 0 Å². The molecule has 0 aliphatic carbocycles. The first kappa shape index (κ1) is 13.0. The van der Waals surface area contributed by atoms with Gasteiger partial charge in [-0.2, -0.15) is 5.26 Å². The molecule has 1 aromatic rings. The number of nitrogens with zero attached hydrogens (tertiary/aromatic N) is 1. The molecule has 0 unspecified atom stereocenters. The number of nitriles is 1. The van der Waals surface area contributed by atoms with Crippen molar-refractivity contribution >= 4 is 12.0 Å². The van der Waals surface area contributed by atoms with E-state index in [0.717, 1.165) is 18.4 Å². The smallest absolute Gasteiger partial charge is 0.330 e. The van der Waals surface area contributed by atoms with Crippen LogP contribution in [0.2, 0.25) is 0 Å². The van der Waals surface area contributed by atoms with E-state index >= 15 is 0 Å². The zero-order chi connectivity index (χ0) is 12.5. The van der Waals surface area contributed by atoms with Crippen LogP contribution in [0.25, 0.3) is 6.08 Å². The summed E-state index contributed by atoms with van der Waals surface area (Å²) in [5, 5.41) is 8.72. The number of benzene rings is 1. The van der Waals surface area contributed by atoms with Gasteiger partial charge in [-0.05, 0) is 30.2 Å². The van der Waals surface area contributed by atoms with Crippen LogP contribution in [0.1, 0.15) is 30.9 Å². The summed E-state index contributed by atoms with van der Waals surface area (Å²) in [4.78, 5) is 11.3. The lowest BCUT2D eigenvalue weighted by Gasteiger charge is -1.99. The number of hydrogen-bond donors (Lipinski definition) is 0. The second-order valence-corrected chi connectivity index (χ2v) is 3.59. The van der Waals surface area contributed by atoms with Crippen LogP contribution in [0.4, 0.5) is 0 Å². The third-order valence-corrected chi connectivity index (χ3v) is 2.17. The minimum Gasteiger partial charge on any atom is -0.463 e. The van der Waals surface area contributed by atoms with Crippen molar-refractivity contribution in [2.75, 3.05) is 6.61 Å². The average molecular weight is 229 g/mol. The standard InChI is InChI=1S/C14H15NO2/c1-2-3-9-17-14(16)8-7-12-5-4-6-13(10-12)11-15/h4-8,10H,2-3,9H2,1H3. The molecule has 1 aromatic carbocycles. The highest BCUT2D eigenvalue weighted by Gasteiger charge is 1.96. The first-order valence-electron chi connectivity index (χ1n) is 5.61. The number of rotatable bonds is 5. The summed E-state index contributed by atoms with van der Waals surface area (Å²) in [5.41, 5.74) is 1.39. The van der Waals surface area contributed by atoms with Gasteiger partial charge in [0.25, 0.3) is 0 Å². The summed E-state index contributed by atoms with van der Waals surface area (Å²) in [6.07, 6.45) is 4.91. The normalized spacial score (nSPS) is 10.1. The minimum absolute atomic E-state index is 0.346. The zero-order valence-electron chi connectivity index (χ0n) is 9.85. The largest absolute Gasteiger partial charge is 0.463 e. The fourth-order valence-corrected chi connectivity index (χ4v) is 1.24. The number of carbonyl (C=O) groups is 1. The van der Waals surface area contributed by atoms with E-state index in [2.05, 4.69) is 0 Å². The predicted molar refractivity (Wildman–Crippen MR) is 66.1 cm³/mol. The van der Waals surface area contributed by atoms with Crippen LogP contribution in [0.15, 0.2) is 30.3 Å². The van der Waals surface area contributed by atoms with Gasteiger partial charge in [-0.25, -0.2) is 4.79 Å². The van der Waals surface area contributed by atoms with Gasteiger partial charge in [0.2, 0.25) is 0 Å². The minimum atomic E-state index is -0.346. The van der Waals surface area contributed by atoms with Crippen molar-refractivity contribution < 1.29 is 9.53 Å². The van der Waals surface area contributed by atoms with Gasteiger partial charge in [0.1, 0.15) is 0 Å². The second kappa shape index (κ2) is 7.24. The number of hydrogen-bond acceptors (Lipinski definition) is 3. The van der Waals surface area contributed by atoms with E-state index < -0.39 is 0 Å². The Hall–Kier alpha value is -2.08. The molecule has 0 aromatic heterocycles. The summed E-state index contributed by atoms with van der Waals surface area (Å²) in [5.74, 6) is -0.346. The third kappa shape index (κ3) is 4.98. The van der Waals surface area contributed by atoms with Gasteiger partial charge >= 0.3 is 5.97 Å². The molecule has 88 valence electrons. The fraction of sp³-hybridized carbons (Fsp3) is 0.286. The van der Waals surface area contributed by atoms with E-state index in [1.54, 1.807) is 24.3 Å². The van der Waals surface area contributed by atoms with Gasteiger partial charge < -0.3 is 4.74 Å². The topological polar surface area (TPSA) is 50.1 Å². The Morgan fingerprint density at radius 1 is 1.53 bits per heavy atom. The molecule has 1 rings (SSSR count). The van der Waals surface area contributed by atoms with E-state index in [9.17, 15) is 4.79 Å². The Bertz CT molecular complexity index is 444. The Morgan fingerprint density at radius 3 is 3.06 bits per heavy atom. The lowest BCUT2D eigenvalue weighted by atomic mass is 10.1. The van der Waals surface area contributed by atoms with Gasteiger partial charge in [-0.15, -0.1) is 0 Å². The van der Waals surface area contributed by atoms with Crippen molar-refractivity contribution in [3.05, 3.63) is 41.5 Å². The highest BCUT2D eigenvalue weighted by Crippen LogP contribution is 2.06. The Kier molecular flexibility index (Phi) is 5.53. The second-order valence-electron chi connectivity index (χ2n) is 3.59. The Morgan fingerprint density at radius 2 is 2.35 bits per heavy atom. The summed E-state index contributed by atoms with van der Waals surface area (Å²) < 4.78 is 4.97. The molecule has 0 N–H and O–H groups in total. The van der Waals surface area contributed by atoms with Crippen molar-refractivity contribution in [1.29, 1.82) is 5.26 Å². The number of carbonyl (C=O) groups excluding carboxylic acids is 1. The molecule has 0 bridgehead atoms. The van der Waals surface area contributed by atoms with E-state index in [1.807, 2.05) is 19.1 Å². The fourth-order valence-electron chi connectivity index (χ4n) is 1.24. The van der Waals surface area contributed by atoms with Gasteiger partial charge in [0, 0.05) is 6.08 Å². The Balaban J connectivity index is 2.52. The maximum Gasteiger partial charge on any atom is 0.330 e. The zero-order valence-corrected chi connectivity index (χ0v) is 9.85. The van der Waals surface area contributed by atoms with Crippen molar-refractivity contribution in [3.8, 4) is 6.07 Å². The average Bonchev–Trinajstić information content (AvgIpc) is 2.37. The highest BCUT2D eigenvalue weighted by atomic mass is 16.5. The third-order valence-electron chi connectivity index (χ3n) is 2.17. The molecule has 17 heavy (non-hydrogen) atoms. The molecule has 0 radical (unpaired) electrons. The van der Waals surface area contributed by atoms with Crippen molar-refractivity contribution in [2.24, 2.45) is 0 Å². The molecule has 0 amide bonds. The maximum absolute atomic E-state index is 11.3. The quantitative estimate of drug-likeness (QED) is 0.443. The van der Waals surface area contributed by atoms with Crippen LogP contribution in [0, 0.1) is 11.3 Å². The van der Waals surface area contributed by atoms with Crippen LogP contribution < -0.4 is 0 Å². The van der Waals surface area contributed by atoms with Crippen LogP contribution in [-0.2, 0) is 9.53 Å². The molecule has 0 fully saturated rings. The molecule has 0 atom stereocenters. The lowest BCUT2D eigenvalue weighted by molar-refractivity contribution is -0.137. The van der Waals surface area contributed by atoms with E-state index in [4.69, 9.17) is 10.00 Å². The van der Waals surface area contributed by atoms with Crippen LogP contribution in [-0.4, -0.2) is 12.6 Å². The molecule has 0 spiro atoms. The van der Waals surface area contributed by atoms with E-state index in [-0.39, 0.29) is 5.97 Å². The van der Waals surface area contributed by atoms with Gasteiger partial charge in [-0.1, -0.05) is 25.5 Å². The monoisotopic (exact) mass is 229 g/mol. The summed E-state index contributed by atoms with van der Waals surface area (Å²) in [7, 11) is 0. The van der Waals surface area contributed by atoms with Crippen LogP contribution >= 0.6 is 0 Å². The summed E-state index contributed by atoms with van der Waals surface area (Å²) >= 11 is 0. The summed E-state index contributed by atoms with van der Waals surface area (Å²) in [6.45, 7) is 2.50. The van der Waals surface area contributed by atoms with Crippen LogP contribution in [0.3, 0.4) is 0 Å². The highest BCUT2D eigenvalue weighted by molar-refractivity contribution is 5.87. The molecule has 0 heterocycles. The van der Waals surface area contributed by atoms with Gasteiger partial charge in [0.15, 0.2) is 0 Å². The summed E-state index contributed by atoms with van der Waals surface area (Å²) in [6, 6.07) is 9.09. The van der Waals surface area contributed by atoms with Crippen LogP contribution in [0.5, 0.6) is 0 Å². The molecule has 3 heteroatoms. The molecule has 0 saturated carbocycles. The molecular formula is C14H15NO2. The van der Waals surface area contributed by atoms with Gasteiger partial charge in [0.05, 0.1) is 18.2 Å². The number of unbranched alkanes of at least 4 members (excludes halogenated alkanes) is 1. The molecule has 3 nitrogen and oxygen atoms in total. The molecular weight excluding hydrogens is 214 g/mol. The first-order chi connectivity index (χ1) is 8.26. The Labute approximate surface area is 101 Å². The van der Waals surface area contributed by atoms with Crippen molar-refractivity contribution in [2.45, 2.75) is 19.8 Å². The lowest BCUT2D eigenvalue weighted by Crippen LogP contribution is -2.01.